The summed E-state index contributed by atoms with van der Waals surface area (Å²) in [6.07, 6.45) is 2.20. The van der Waals surface area contributed by atoms with Gasteiger partial charge in [0.15, 0.2) is 0 Å². The molecule has 18 heavy (non-hydrogen) atoms. The van der Waals surface area contributed by atoms with Crippen molar-refractivity contribution in [2.24, 2.45) is 0 Å². The molecule has 92 valence electrons. The summed E-state index contributed by atoms with van der Waals surface area (Å²) in [5.74, 6) is 0. The molecule has 1 nitrogen and oxygen atoms in total. The zero-order valence-corrected chi connectivity index (χ0v) is 11.0. The molecular weight excluding hydrogens is 218 g/mol. The molecule has 1 aliphatic heterocycles. The molecule has 0 saturated carbocycles. The molecule has 1 aliphatic rings. The van der Waals surface area contributed by atoms with Crippen LogP contribution in [0.2, 0.25) is 0 Å². The van der Waals surface area contributed by atoms with Gasteiger partial charge in [0.25, 0.3) is 0 Å². The van der Waals surface area contributed by atoms with Crippen molar-refractivity contribution in [2.45, 2.75) is 32.7 Å². The number of benzene rings is 2. The molecule has 2 aromatic rings. The monoisotopic (exact) mass is 237 g/mol. The standard InChI is InChI=1S/C17H19N/c1-3-13-7-5-9-15-11-16(18-17(13)15)14-8-4-6-12(2)10-14/h4-10,16,18H,3,11H2,1-2H3. The Balaban J connectivity index is 1.93. The van der Waals surface area contributed by atoms with Crippen molar-refractivity contribution in [3.8, 4) is 0 Å². The molecule has 2 aromatic carbocycles. The zero-order valence-electron chi connectivity index (χ0n) is 11.0. The highest BCUT2D eigenvalue weighted by atomic mass is 15.0. The summed E-state index contributed by atoms with van der Waals surface area (Å²) in [4.78, 5) is 0. The van der Waals surface area contributed by atoms with Crippen LogP contribution in [0.5, 0.6) is 0 Å². The first kappa shape index (κ1) is 11.3. The van der Waals surface area contributed by atoms with Crippen LogP contribution < -0.4 is 5.32 Å². The molecule has 0 fully saturated rings. The van der Waals surface area contributed by atoms with Crippen LogP contribution in [0.4, 0.5) is 5.69 Å². The van der Waals surface area contributed by atoms with Crippen molar-refractivity contribution in [3.63, 3.8) is 0 Å². The second-order valence-electron chi connectivity index (χ2n) is 5.12. The highest BCUT2D eigenvalue weighted by molar-refractivity contribution is 5.63. The number of hydrogen-bond donors (Lipinski definition) is 1. The van der Waals surface area contributed by atoms with Crippen LogP contribution in [-0.2, 0) is 12.8 Å². The maximum atomic E-state index is 3.70. The van der Waals surface area contributed by atoms with Gasteiger partial charge in [0.2, 0.25) is 0 Å². The quantitative estimate of drug-likeness (QED) is 0.822. The highest BCUT2D eigenvalue weighted by Gasteiger charge is 2.23. The smallest absolute Gasteiger partial charge is 0.0555 e. The van der Waals surface area contributed by atoms with Crippen molar-refractivity contribution in [1.29, 1.82) is 0 Å². The number of nitrogens with one attached hydrogen (secondary N) is 1. The van der Waals surface area contributed by atoms with Crippen molar-refractivity contribution in [3.05, 3.63) is 64.7 Å². The predicted octanol–water partition coefficient (Wildman–Crippen LogP) is 4.27. The van der Waals surface area contributed by atoms with Crippen molar-refractivity contribution < 1.29 is 0 Å². The average molecular weight is 237 g/mol. The molecule has 3 rings (SSSR count). The van der Waals surface area contributed by atoms with E-state index in [0.29, 0.717) is 6.04 Å². The number of hydrogen-bond acceptors (Lipinski definition) is 1. The summed E-state index contributed by atoms with van der Waals surface area (Å²) in [7, 11) is 0. The Hall–Kier alpha value is -1.76. The lowest BCUT2D eigenvalue weighted by Crippen LogP contribution is -2.06. The Labute approximate surface area is 109 Å². The van der Waals surface area contributed by atoms with E-state index < -0.39 is 0 Å². The van der Waals surface area contributed by atoms with E-state index in [1.54, 1.807) is 0 Å². The minimum absolute atomic E-state index is 0.438. The van der Waals surface area contributed by atoms with E-state index in [-0.39, 0.29) is 0 Å². The van der Waals surface area contributed by atoms with Gasteiger partial charge in [-0.25, -0.2) is 0 Å². The summed E-state index contributed by atoms with van der Waals surface area (Å²) in [6.45, 7) is 4.38. The van der Waals surface area contributed by atoms with Gasteiger partial charge in [0, 0.05) is 5.69 Å². The first-order chi connectivity index (χ1) is 8.78. The Morgan fingerprint density at radius 1 is 1.17 bits per heavy atom. The SMILES string of the molecule is CCc1cccc2c1NC(c1cccc(C)c1)C2. The molecule has 0 aromatic heterocycles. The largest absolute Gasteiger partial charge is 0.377 e. The summed E-state index contributed by atoms with van der Waals surface area (Å²) in [6, 6.07) is 15.9. The van der Waals surface area contributed by atoms with E-state index in [4.69, 9.17) is 0 Å². The average Bonchev–Trinajstić information content (AvgIpc) is 2.82. The second-order valence-corrected chi connectivity index (χ2v) is 5.12. The summed E-state index contributed by atoms with van der Waals surface area (Å²) in [5.41, 5.74) is 6.99. The van der Waals surface area contributed by atoms with Crippen molar-refractivity contribution in [1.82, 2.24) is 0 Å². The van der Waals surface area contributed by atoms with Crippen molar-refractivity contribution in [2.75, 3.05) is 5.32 Å². The van der Waals surface area contributed by atoms with Gasteiger partial charge >= 0.3 is 0 Å². The van der Waals surface area contributed by atoms with Gasteiger partial charge in [0.1, 0.15) is 0 Å². The minimum atomic E-state index is 0.438. The summed E-state index contributed by atoms with van der Waals surface area (Å²) < 4.78 is 0. The molecular formula is C17H19N. The zero-order chi connectivity index (χ0) is 12.5. The first-order valence-electron chi connectivity index (χ1n) is 6.72. The molecule has 0 spiro atoms. The van der Waals surface area contributed by atoms with Crippen LogP contribution in [0.25, 0.3) is 0 Å². The van der Waals surface area contributed by atoms with Crippen LogP contribution >= 0.6 is 0 Å². The molecule has 0 bridgehead atoms. The minimum Gasteiger partial charge on any atom is -0.377 e. The molecule has 1 unspecified atom stereocenters. The number of aryl methyl sites for hydroxylation is 2. The Bertz CT molecular complexity index is 572. The van der Waals surface area contributed by atoms with Gasteiger partial charge in [-0.15, -0.1) is 0 Å². The predicted molar refractivity (Wildman–Crippen MR) is 77.1 cm³/mol. The second kappa shape index (κ2) is 4.49. The molecule has 0 saturated heterocycles. The van der Waals surface area contributed by atoms with E-state index in [0.717, 1.165) is 12.8 Å². The lowest BCUT2D eigenvalue weighted by Gasteiger charge is -2.13. The van der Waals surface area contributed by atoms with Crippen LogP contribution in [-0.4, -0.2) is 0 Å². The lowest BCUT2D eigenvalue weighted by molar-refractivity contribution is 0.822. The van der Waals surface area contributed by atoms with Crippen LogP contribution in [0.1, 0.15) is 35.2 Å². The molecule has 1 heterocycles. The third kappa shape index (κ3) is 1.90. The Kier molecular flexibility index (Phi) is 2.83. The molecule has 0 amide bonds. The van der Waals surface area contributed by atoms with Crippen LogP contribution in [0.3, 0.4) is 0 Å². The van der Waals surface area contributed by atoms with Crippen LogP contribution in [0, 0.1) is 6.92 Å². The first-order valence-corrected chi connectivity index (χ1v) is 6.72. The summed E-state index contributed by atoms with van der Waals surface area (Å²) >= 11 is 0. The fourth-order valence-electron chi connectivity index (χ4n) is 2.84. The highest BCUT2D eigenvalue weighted by Crippen LogP contribution is 2.36. The number of para-hydroxylation sites is 1. The number of anilines is 1. The van der Waals surface area contributed by atoms with Crippen molar-refractivity contribution >= 4 is 5.69 Å². The fraction of sp³-hybridized carbons (Fsp3) is 0.294. The van der Waals surface area contributed by atoms with Gasteiger partial charge in [-0.1, -0.05) is 55.0 Å². The Morgan fingerprint density at radius 2 is 2.00 bits per heavy atom. The van der Waals surface area contributed by atoms with E-state index >= 15 is 0 Å². The van der Waals surface area contributed by atoms with Gasteiger partial charge in [-0.05, 0) is 36.5 Å². The van der Waals surface area contributed by atoms with E-state index in [2.05, 4.69) is 61.6 Å². The third-order valence-electron chi connectivity index (χ3n) is 3.81. The molecule has 1 N–H and O–H groups in total. The Morgan fingerprint density at radius 3 is 2.78 bits per heavy atom. The van der Waals surface area contributed by atoms with E-state index in [1.807, 2.05) is 0 Å². The molecule has 0 aliphatic carbocycles. The lowest BCUT2D eigenvalue weighted by atomic mass is 10.0. The van der Waals surface area contributed by atoms with Gasteiger partial charge in [-0.2, -0.15) is 0 Å². The maximum Gasteiger partial charge on any atom is 0.0555 e. The topological polar surface area (TPSA) is 12.0 Å². The number of rotatable bonds is 2. The van der Waals surface area contributed by atoms with E-state index in [9.17, 15) is 0 Å². The van der Waals surface area contributed by atoms with E-state index in [1.165, 1.54) is 27.9 Å². The molecule has 1 heteroatoms. The maximum absolute atomic E-state index is 3.70. The normalized spacial score (nSPS) is 17.3. The third-order valence-corrected chi connectivity index (χ3v) is 3.81. The number of fused-ring (bicyclic) bond motifs is 1. The van der Waals surface area contributed by atoms with Crippen LogP contribution in [0.15, 0.2) is 42.5 Å². The van der Waals surface area contributed by atoms with Gasteiger partial charge < -0.3 is 5.32 Å². The molecule has 1 atom stereocenters. The molecule has 0 radical (unpaired) electrons. The van der Waals surface area contributed by atoms with Gasteiger partial charge in [-0.3, -0.25) is 0 Å². The summed E-state index contributed by atoms with van der Waals surface area (Å²) in [5, 5.41) is 3.70. The fourth-order valence-corrected chi connectivity index (χ4v) is 2.84. The van der Waals surface area contributed by atoms with Gasteiger partial charge in [0.05, 0.1) is 6.04 Å².